The van der Waals surface area contributed by atoms with Gasteiger partial charge in [0.15, 0.2) is 23.0 Å². The van der Waals surface area contributed by atoms with Gasteiger partial charge < -0.3 is 38.5 Å². The highest BCUT2D eigenvalue weighted by Gasteiger charge is 2.13. The van der Waals surface area contributed by atoms with E-state index in [0.717, 1.165) is 124 Å². The van der Waals surface area contributed by atoms with Crippen molar-refractivity contribution in [3.8, 4) is 23.0 Å². The smallest absolute Gasteiger partial charge is 0.168 e. The predicted octanol–water partition coefficient (Wildman–Crippen LogP) is 8.91. The first-order valence-electron chi connectivity index (χ1n) is 20.6. The van der Waals surface area contributed by atoms with Crippen LogP contribution in [0.25, 0.3) is 24.3 Å². The van der Waals surface area contributed by atoms with Crippen molar-refractivity contribution in [2.24, 2.45) is 0 Å². The van der Waals surface area contributed by atoms with Gasteiger partial charge in [0, 0.05) is 37.3 Å². The van der Waals surface area contributed by atoms with Crippen LogP contribution >= 0.6 is 0 Å². The maximum Gasteiger partial charge on any atom is 0.168 e. The standard InChI is InChI=1S/C46H70N4O4/c1-9-47(10-2)31-35-51-43-21-17-19-41(45(43)53-37-33-49(13-5)14-6)29-27-39-23-25-40(26-24-39)28-30-42-20-18-22-44(52-36-32-48(11-3)12-4)46(42)54-38-34-50(15-7)16-8/h17-30H,9-16,31-38H2,1-8H3. The minimum atomic E-state index is 0.605. The van der Waals surface area contributed by atoms with E-state index >= 15 is 0 Å². The van der Waals surface area contributed by atoms with Gasteiger partial charge in [-0.05, 0) is 75.6 Å². The summed E-state index contributed by atoms with van der Waals surface area (Å²) in [7, 11) is 0. The second-order valence-corrected chi connectivity index (χ2v) is 13.2. The van der Waals surface area contributed by atoms with Crippen molar-refractivity contribution in [3.63, 3.8) is 0 Å². The molecule has 0 saturated carbocycles. The van der Waals surface area contributed by atoms with E-state index in [1.807, 2.05) is 24.3 Å². The van der Waals surface area contributed by atoms with Gasteiger partial charge in [0.25, 0.3) is 0 Å². The molecule has 54 heavy (non-hydrogen) atoms. The van der Waals surface area contributed by atoms with E-state index in [9.17, 15) is 0 Å². The molecule has 0 unspecified atom stereocenters. The van der Waals surface area contributed by atoms with E-state index in [2.05, 4.69) is 136 Å². The van der Waals surface area contributed by atoms with Crippen molar-refractivity contribution in [1.82, 2.24) is 19.6 Å². The summed E-state index contributed by atoms with van der Waals surface area (Å²) in [5.41, 5.74) is 4.23. The Kier molecular flexibility index (Phi) is 21.5. The van der Waals surface area contributed by atoms with E-state index in [0.29, 0.717) is 26.4 Å². The van der Waals surface area contributed by atoms with Gasteiger partial charge in [-0.25, -0.2) is 0 Å². The number of hydrogen-bond acceptors (Lipinski definition) is 8. The molecule has 298 valence electrons. The Morgan fingerprint density at radius 1 is 0.370 bits per heavy atom. The van der Waals surface area contributed by atoms with E-state index in [1.165, 1.54) is 0 Å². The minimum Gasteiger partial charge on any atom is -0.488 e. The van der Waals surface area contributed by atoms with Gasteiger partial charge in [0.2, 0.25) is 0 Å². The van der Waals surface area contributed by atoms with Crippen molar-refractivity contribution < 1.29 is 18.9 Å². The van der Waals surface area contributed by atoms with Crippen LogP contribution in [-0.2, 0) is 0 Å². The number of nitrogens with zero attached hydrogens (tertiary/aromatic N) is 4. The molecule has 3 rings (SSSR count). The van der Waals surface area contributed by atoms with Crippen molar-refractivity contribution in [2.45, 2.75) is 55.4 Å². The lowest BCUT2D eigenvalue weighted by Crippen LogP contribution is -2.28. The molecule has 0 aliphatic rings. The van der Waals surface area contributed by atoms with E-state index in [4.69, 9.17) is 18.9 Å². The molecule has 0 saturated heterocycles. The molecule has 0 aliphatic carbocycles. The summed E-state index contributed by atoms with van der Waals surface area (Å²) >= 11 is 0. The third-order valence-electron chi connectivity index (χ3n) is 10.1. The number of hydrogen-bond donors (Lipinski definition) is 0. The number of rotatable bonds is 28. The Balaban J connectivity index is 1.78. The van der Waals surface area contributed by atoms with E-state index < -0.39 is 0 Å². The summed E-state index contributed by atoms with van der Waals surface area (Å²) in [5.74, 6) is 3.18. The minimum absolute atomic E-state index is 0.605. The first-order valence-corrected chi connectivity index (χ1v) is 20.6. The van der Waals surface area contributed by atoms with Crippen LogP contribution in [0.2, 0.25) is 0 Å². The van der Waals surface area contributed by atoms with E-state index in [-0.39, 0.29) is 0 Å². The normalized spacial score (nSPS) is 11.9. The first-order chi connectivity index (χ1) is 26.4. The van der Waals surface area contributed by atoms with Crippen molar-refractivity contribution in [3.05, 3.63) is 82.9 Å². The Hall–Kier alpha value is -3.82. The number of likely N-dealkylation sites (N-methyl/N-ethyl adjacent to an activating group) is 4. The summed E-state index contributed by atoms with van der Waals surface area (Å²) in [6.45, 7) is 31.5. The molecule has 0 N–H and O–H groups in total. The highest BCUT2D eigenvalue weighted by molar-refractivity contribution is 5.77. The molecular formula is C46H70N4O4. The predicted molar refractivity (Wildman–Crippen MR) is 230 cm³/mol. The third-order valence-corrected chi connectivity index (χ3v) is 10.1. The average molecular weight is 743 g/mol. The molecule has 8 nitrogen and oxygen atoms in total. The van der Waals surface area contributed by atoms with Gasteiger partial charge in [-0.15, -0.1) is 0 Å². The lowest BCUT2D eigenvalue weighted by Gasteiger charge is -2.21. The largest absolute Gasteiger partial charge is 0.488 e. The van der Waals surface area contributed by atoms with Gasteiger partial charge in [0.1, 0.15) is 26.4 Å². The summed E-state index contributed by atoms with van der Waals surface area (Å²) in [5, 5.41) is 0. The van der Waals surface area contributed by atoms with Crippen molar-refractivity contribution in [2.75, 3.05) is 105 Å². The third kappa shape index (κ3) is 15.1. The maximum absolute atomic E-state index is 6.44. The van der Waals surface area contributed by atoms with Gasteiger partial charge in [-0.1, -0.05) is 128 Å². The molecule has 0 aliphatic heterocycles. The van der Waals surface area contributed by atoms with Gasteiger partial charge in [-0.2, -0.15) is 0 Å². The van der Waals surface area contributed by atoms with Crippen LogP contribution in [0.1, 0.15) is 77.6 Å². The zero-order valence-electron chi connectivity index (χ0n) is 34.8. The van der Waals surface area contributed by atoms with Crippen LogP contribution in [0.15, 0.2) is 60.7 Å². The highest BCUT2D eigenvalue weighted by Crippen LogP contribution is 2.34. The fourth-order valence-electron chi connectivity index (χ4n) is 6.24. The van der Waals surface area contributed by atoms with Gasteiger partial charge in [0.05, 0.1) is 0 Å². The molecular weight excluding hydrogens is 673 g/mol. The summed E-state index contributed by atoms with van der Waals surface area (Å²) in [6, 6.07) is 20.9. The van der Waals surface area contributed by atoms with Crippen LogP contribution in [0.5, 0.6) is 23.0 Å². The van der Waals surface area contributed by atoms with Crippen LogP contribution in [-0.4, -0.2) is 125 Å². The average Bonchev–Trinajstić information content (AvgIpc) is 3.21. The topological polar surface area (TPSA) is 49.9 Å². The molecule has 0 amide bonds. The van der Waals surface area contributed by atoms with Crippen LogP contribution < -0.4 is 18.9 Å². The van der Waals surface area contributed by atoms with Crippen molar-refractivity contribution in [1.29, 1.82) is 0 Å². The van der Waals surface area contributed by atoms with E-state index in [1.54, 1.807) is 0 Å². The second-order valence-electron chi connectivity index (χ2n) is 13.2. The lowest BCUT2D eigenvalue weighted by atomic mass is 10.1. The first kappa shape index (κ1) is 44.6. The molecule has 0 fully saturated rings. The highest BCUT2D eigenvalue weighted by atomic mass is 16.5. The zero-order valence-corrected chi connectivity index (χ0v) is 34.8. The number of ether oxygens (including phenoxy) is 4. The molecule has 0 atom stereocenters. The molecule has 0 radical (unpaired) electrons. The Labute approximate surface area is 328 Å². The maximum atomic E-state index is 6.44. The lowest BCUT2D eigenvalue weighted by molar-refractivity contribution is 0.198. The summed E-state index contributed by atoms with van der Waals surface area (Å²) < 4.78 is 25.5. The fourth-order valence-corrected chi connectivity index (χ4v) is 6.24. The Bertz CT molecular complexity index is 1380. The fraction of sp³-hybridized carbons (Fsp3) is 0.522. The molecule has 0 aromatic heterocycles. The van der Waals surface area contributed by atoms with Crippen LogP contribution in [0, 0.1) is 0 Å². The molecule has 0 spiro atoms. The van der Waals surface area contributed by atoms with Crippen LogP contribution in [0.3, 0.4) is 0 Å². The Morgan fingerprint density at radius 3 is 0.963 bits per heavy atom. The number of para-hydroxylation sites is 2. The zero-order chi connectivity index (χ0) is 39.0. The monoisotopic (exact) mass is 743 g/mol. The summed E-state index contributed by atoms with van der Waals surface area (Å²) in [6.07, 6.45) is 8.53. The van der Waals surface area contributed by atoms with Crippen molar-refractivity contribution >= 4 is 24.3 Å². The molecule has 3 aromatic rings. The Morgan fingerprint density at radius 2 is 0.667 bits per heavy atom. The van der Waals surface area contributed by atoms with Crippen LogP contribution in [0.4, 0.5) is 0 Å². The molecule has 0 bridgehead atoms. The quantitative estimate of drug-likeness (QED) is 0.0685. The van der Waals surface area contributed by atoms with Gasteiger partial charge in [-0.3, -0.25) is 0 Å². The summed E-state index contributed by atoms with van der Waals surface area (Å²) in [4.78, 5) is 9.48. The number of benzene rings is 3. The molecule has 8 heteroatoms. The molecule has 0 heterocycles. The van der Waals surface area contributed by atoms with Gasteiger partial charge >= 0.3 is 0 Å². The second kappa shape index (κ2) is 26.1. The SMILES string of the molecule is CCN(CC)CCOc1cccc(C=Cc2ccc(C=Cc3cccc(OCCN(CC)CC)c3OCCN(CC)CC)cc2)c1OCCN(CC)CC. The molecule has 3 aromatic carbocycles.